The average molecular weight is 381 g/mol. The number of rotatable bonds is 5. The smallest absolute Gasteiger partial charge is 0.239 e. The van der Waals surface area contributed by atoms with Gasteiger partial charge >= 0.3 is 0 Å². The monoisotopic (exact) mass is 380 g/mol. The Morgan fingerprint density at radius 2 is 2.04 bits per heavy atom. The number of amides is 1. The maximum atomic E-state index is 12.0. The van der Waals surface area contributed by atoms with Crippen LogP contribution >= 0.6 is 23.2 Å². The molecule has 1 aliphatic heterocycles. The van der Waals surface area contributed by atoms with Crippen molar-refractivity contribution in [2.45, 2.75) is 12.6 Å². The lowest BCUT2D eigenvalue weighted by Crippen LogP contribution is -2.51. The second kappa shape index (κ2) is 8.54. The predicted molar refractivity (Wildman–Crippen MR) is 97.4 cm³/mol. The van der Waals surface area contributed by atoms with Gasteiger partial charge in [-0.2, -0.15) is 0 Å². The van der Waals surface area contributed by atoms with Crippen molar-refractivity contribution in [3.63, 3.8) is 0 Å². The lowest BCUT2D eigenvalue weighted by atomic mass is 10.2. The van der Waals surface area contributed by atoms with Gasteiger partial charge in [0.25, 0.3) is 0 Å². The van der Waals surface area contributed by atoms with Crippen molar-refractivity contribution in [1.29, 1.82) is 0 Å². The molecule has 7 heteroatoms. The van der Waals surface area contributed by atoms with E-state index in [1.165, 1.54) is 0 Å². The molecule has 0 aliphatic carbocycles. The summed E-state index contributed by atoms with van der Waals surface area (Å²) in [6.07, 6.45) is 0. The van der Waals surface area contributed by atoms with Gasteiger partial charge in [0, 0.05) is 13.1 Å². The second-order valence-electron chi connectivity index (χ2n) is 5.60. The maximum absolute atomic E-state index is 12.0. The number of morpholine rings is 1. The zero-order chi connectivity index (χ0) is 17.6. The fraction of sp³-hybridized carbons (Fsp3) is 0.278. The largest absolute Gasteiger partial charge is 0.456 e. The number of hydrogen-bond acceptors (Lipinski definition) is 4. The molecule has 2 aromatic rings. The Balaban J connectivity index is 1.55. The lowest BCUT2D eigenvalue weighted by molar-refractivity contribution is -0.126. The number of nitrogens with one attached hydrogen (secondary N) is 2. The van der Waals surface area contributed by atoms with Crippen LogP contribution in [0.4, 0.5) is 0 Å². The van der Waals surface area contributed by atoms with Crippen LogP contribution in [0.3, 0.4) is 0 Å². The lowest BCUT2D eigenvalue weighted by Gasteiger charge is -2.22. The molecule has 1 heterocycles. The molecule has 1 atom stereocenters. The highest BCUT2D eigenvalue weighted by Gasteiger charge is 2.20. The summed E-state index contributed by atoms with van der Waals surface area (Å²) in [5.41, 5.74) is 0.967. The Bertz CT molecular complexity index is 732. The van der Waals surface area contributed by atoms with Gasteiger partial charge in [-0.1, -0.05) is 41.4 Å². The Morgan fingerprint density at radius 3 is 2.76 bits per heavy atom. The minimum Gasteiger partial charge on any atom is -0.456 e. The number of halogens is 2. The SMILES string of the molecule is O=C(NCc1ccc(Oc2cccc(Cl)c2Cl)cc1)C1COCCN1. The zero-order valence-corrected chi connectivity index (χ0v) is 14.9. The van der Waals surface area contributed by atoms with Gasteiger partial charge in [0.2, 0.25) is 5.91 Å². The van der Waals surface area contributed by atoms with Gasteiger partial charge in [-0.25, -0.2) is 0 Å². The van der Waals surface area contributed by atoms with E-state index >= 15 is 0 Å². The fourth-order valence-electron chi connectivity index (χ4n) is 2.41. The summed E-state index contributed by atoms with van der Waals surface area (Å²) in [5.74, 6) is 1.07. The topological polar surface area (TPSA) is 59.6 Å². The summed E-state index contributed by atoms with van der Waals surface area (Å²) in [4.78, 5) is 12.0. The molecule has 0 saturated carbocycles. The molecule has 1 saturated heterocycles. The molecule has 1 aliphatic rings. The highest BCUT2D eigenvalue weighted by atomic mass is 35.5. The van der Waals surface area contributed by atoms with Crippen LogP contribution in [0.25, 0.3) is 0 Å². The first-order valence-corrected chi connectivity index (χ1v) is 8.69. The van der Waals surface area contributed by atoms with Crippen LogP contribution in [0.1, 0.15) is 5.56 Å². The fourth-order valence-corrected chi connectivity index (χ4v) is 2.74. The summed E-state index contributed by atoms with van der Waals surface area (Å²) in [6, 6.07) is 12.4. The van der Waals surface area contributed by atoms with Gasteiger partial charge in [0.05, 0.1) is 18.2 Å². The summed E-state index contributed by atoms with van der Waals surface area (Å²) in [7, 11) is 0. The number of benzene rings is 2. The third kappa shape index (κ3) is 4.86. The molecule has 0 bridgehead atoms. The van der Waals surface area contributed by atoms with Gasteiger partial charge in [-0.15, -0.1) is 0 Å². The normalized spacial score (nSPS) is 17.1. The first-order chi connectivity index (χ1) is 12.1. The minimum absolute atomic E-state index is 0.0641. The Kier molecular flexibility index (Phi) is 6.15. The van der Waals surface area contributed by atoms with Crippen molar-refractivity contribution >= 4 is 29.1 Å². The van der Waals surface area contributed by atoms with Gasteiger partial charge in [0.15, 0.2) is 0 Å². The number of carbonyl (C=O) groups excluding carboxylic acids is 1. The van der Waals surface area contributed by atoms with Crippen molar-refractivity contribution in [3.05, 3.63) is 58.1 Å². The van der Waals surface area contributed by atoms with Crippen LogP contribution in [0, 0.1) is 0 Å². The van der Waals surface area contributed by atoms with Crippen molar-refractivity contribution in [1.82, 2.24) is 10.6 Å². The summed E-state index contributed by atoms with van der Waals surface area (Å²) < 4.78 is 11.0. The highest BCUT2D eigenvalue weighted by molar-refractivity contribution is 6.42. The molecular weight excluding hydrogens is 363 g/mol. The average Bonchev–Trinajstić information content (AvgIpc) is 2.65. The van der Waals surface area contributed by atoms with E-state index in [1.54, 1.807) is 18.2 Å². The molecule has 0 aromatic heterocycles. The third-order valence-corrected chi connectivity index (χ3v) is 4.57. The van der Waals surface area contributed by atoms with E-state index in [-0.39, 0.29) is 11.9 Å². The maximum Gasteiger partial charge on any atom is 0.239 e. The molecule has 3 rings (SSSR count). The number of hydrogen-bond donors (Lipinski definition) is 2. The van der Waals surface area contributed by atoms with E-state index in [2.05, 4.69) is 10.6 Å². The van der Waals surface area contributed by atoms with Crippen molar-refractivity contribution < 1.29 is 14.3 Å². The molecule has 5 nitrogen and oxygen atoms in total. The summed E-state index contributed by atoms with van der Waals surface area (Å²) in [5, 5.41) is 6.84. The minimum atomic E-state index is -0.290. The highest BCUT2D eigenvalue weighted by Crippen LogP contribution is 2.34. The number of ether oxygens (including phenoxy) is 2. The van der Waals surface area contributed by atoms with E-state index in [9.17, 15) is 4.79 Å². The second-order valence-corrected chi connectivity index (χ2v) is 6.38. The van der Waals surface area contributed by atoms with Crippen LogP contribution < -0.4 is 15.4 Å². The molecule has 2 N–H and O–H groups in total. The van der Waals surface area contributed by atoms with Crippen LogP contribution in [-0.4, -0.2) is 31.7 Å². The first kappa shape index (κ1) is 18.0. The van der Waals surface area contributed by atoms with Gasteiger partial charge in [0.1, 0.15) is 22.6 Å². The van der Waals surface area contributed by atoms with E-state index in [1.807, 2.05) is 24.3 Å². The quantitative estimate of drug-likeness (QED) is 0.834. The Labute approximate surface area is 156 Å². The van der Waals surface area contributed by atoms with E-state index in [0.717, 1.165) is 5.56 Å². The van der Waals surface area contributed by atoms with Gasteiger partial charge in [-0.3, -0.25) is 4.79 Å². The standard InChI is InChI=1S/C18H18Cl2N2O3/c19-14-2-1-3-16(17(14)20)25-13-6-4-12(5-7-13)10-22-18(23)15-11-24-9-8-21-15/h1-7,15,21H,8-11H2,(H,22,23). The molecular formula is C18H18Cl2N2O3. The molecule has 25 heavy (non-hydrogen) atoms. The molecule has 2 aromatic carbocycles. The van der Waals surface area contributed by atoms with Crippen LogP contribution in [0.2, 0.25) is 10.0 Å². The molecule has 0 spiro atoms. The predicted octanol–water partition coefficient (Wildman–Crippen LogP) is 3.39. The summed E-state index contributed by atoms with van der Waals surface area (Å²) >= 11 is 12.1. The van der Waals surface area contributed by atoms with Crippen LogP contribution in [-0.2, 0) is 16.1 Å². The van der Waals surface area contributed by atoms with Gasteiger partial charge < -0.3 is 20.1 Å². The van der Waals surface area contributed by atoms with E-state index < -0.39 is 0 Å². The van der Waals surface area contributed by atoms with E-state index in [4.69, 9.17) is 32.7 Å². The molecule has 1 amide bonds. The van der Waals surface area contributed by atoms with Crippen molar-refractivity contribution in [2.75, 3.05) is 19.8 Å². The van der Waals surface area contributed by atoms with E-state index in [0.29, 0.717) is 47.8 Å². The third-order valence-electron chi connectivity index (χ3n) is 3.77. The Hall–Kier alpha value is -1.79. The Morgan fingerprint density at radius 1 is 1.24 bits per heavy atom. The molecule has 0 radical (unpaired) electrons. The molecule has 1 fully saturated rings. The molecule has 132 valence electrons. The first-order valence-electron chi connectivity index (χ1n) is 7.93. The summed E-state index contributed by atoms with van der Waals surface area (Å²) in [6.45, 7) is 2.17. The van der Waals surface area contributed by atoms with Crippen molar-refractivity contribution in [3.8, 4) is 11.5 Å². The number of carbonyl (C=O) groups is 1. The van der Waals surface area contributed by atoms with Crippen molar-refractivity contribution in [2.24, 2.45) is 0 Å². The molecule has 1 unspecified atom stereocenters. The van der Waals surface area contributed by atoms with Crippen LogP contribution in [0.5, 0.6) is 11.5 Å². The zero-order valence-electron chi connectivity index (χ0n) is 13.4. The van der Waals surface area contributed by atoms with Crippen LogP contribution in [0.15, 0.2) is 42.5 Å². The van der Waals surface area contributed by atoms with Gasteiger partial charge in [-0.05, 0) is 29.8 Å².